The smallest absolute Gasteiger partial charge is 0.211 e. The highest BCUT2D eigenvalue weighted by Crippen LogP contribution is 2.59. The normalized spacial score (nSPS) is 21.7. The van der Waals surface area contributed by atoms with Crippen LogP contribution in [0.1, 0.15) is 237 Å². The highest BCUT2D eigenvalue weighted by Gasteiger charge is 2.46. The van der Waals surface area contributed by atoms with Gasteiger partial charge < -0.3 is 10.2 Å². The largest absolute Gasteiger partial charge is 0.355 e. The molecule has 1 aromatic heterocycles. The summed E-state index contributed by atoms with van der Waals surface area (Å²) in [6.45, 7) is 47.1. The van der Waals surface area contributed by atoms with E-state index >= 15 is 0 Å². The second-order valence-corrected chi connectivity index (χ2v) is 33.8. The molecule has 1 aliphatic heterocycles. The van der Waals surface area contributed by atoms with Crippen LogP contribution >= 0.6 is 11.3 Å². The summed E-state index contributed by atoms with van der Waals surface area (Å²) < 4.78 is 2.73. The van der Waals surface area contributed by atoms with Crippen molar-refractivity contribution < 1.29 is 0 Å². The van der Waals surface area contributed by atoms with Crippen LogP contribution in [-0.2, 0) is 48.7 Å². The van der Waals surface area contributed by atoms with Crippen LogP contribution in [0.25, 0.3) is 43.1 Å². The second kappa shape index (κ2) is 17.1. The minimum Gasteiger partial charge on any atom is -0.355 e. The number of rotatable bonds is 4. The van der Waals surface area contributed by atoms with E-state index in [0.29, 0.717) is 0 Å². The Kier molecular flexibility index (Phi) is 11.3. The highest BCUT2D eigenvalue weighted by molar-refractivity contribution is 7.29. The highest BCUT2D eigenvalue weighted by atomic mass is 32.1. The van der Waals surface area contributed by atoms with E-state index in [9.17, 15) is 0 Å². The number of hydrogen-bond acceptors (Lipinski definition) is 3. The number of anilines is 5. The molecule has 1 radical (unpaired) electrons. The predicted octanol–water partition coefficient (Wildman–Crippen LogP) is 20.9. The number of benzene rings is 7. The number of nitrogens with zero attached hydrogens (tertiary/aromatic N) is 1. The zero-order valence-corrected chi connectivity index (χ0v) is 54.1. The fraction of sp³-hybridized carbons (Fsp3) is 0.462. The Balaban J connectivity index is 1.08. The number of hydrogen-bond donors (Lipinski definition) is 1. The Hall–Kier alpha value is -5.58. The van der Waals surface area contributed by atoms with Crippen LogP contribution in [0.2, 0.25) is 0 Å². The van der Waals surface area contributed by atoms with Crippen molar-refractivity contribution >= 4 is 78.2 Å². The molecule has 0 saturated carbocycles. The van der Waals surface area contributed by atoms with Crippen LogP contribution in [0.3, 0.4) is 0 Å². The lowest BCUT2D eigenvalue weighted by Crippen LogP contribution is -2.40. The molecule has 8 aromatic rings. The zero-order chi connectivity index (χ0) is 58.2. The van der Waals surface area contributed by atoms with Gasteiger partial charge in [0.15, 0.2) is 0 Å². The van der Waals surface area contributed by atoms with Gasteiger partial charge in [-0.1, -0.05) is 167 Å². The van der Waals surface area contributed by atoms with Gasteiger partial charge in [0.1, 0.15) is 0 Å². The molecule has 0 bridgehead atoms. The summed E-state index contributed by atoms with van der Waals surface area (Å²) in [5.41, 5.74) is 29.7. The topological polar surface area (TPSA) is 15.3 Å². The zero-order valence-electron chi connectivity index (χ0n) is 53.3. The molecule has 2 nitrogen and oxygen atoms in total. The monoisotopic (exact) mass is 1100 g/mol. The van der Waals surface area contributed by atoms with Crippen molar-refractivity contribution in [1.29, 1.82) is 0 Å². The maximum absolute atomic E-state index is 4.30. The summed E-state index contributed by atoms with van der Waals surface area (Å²) in [4.78, 5) is 2.77. The Labute approximate surface area is 497 Å². The van der Waals surface area contributed by atoms with E-state index in [4.69, 9.17) is 0 Å². The minimum atomic E-state index is -0.230. The quantitative estimate of drug-likeness (QED) is 0.177. The van der Waals surface area contributed by atoms with Gasteiger partial charge in [-0.15, -0.1) is 11.3 Å². The molecule has 5 aliphatic carbocycles. The van der Waals surface area contributed by atoms with Gasteiger partial charge in [0.2, 0.25) is 7.28 Å². The maximum atomic E-state index is 4.30. The third-order valence-electron chi connectivity index (χ3n) is 23.1. The average molecular weight is 1100 g/mol. The van der Waals surface area contributed by atoms with Crippen molar-refractivity contribution in [3.63, 3.8) is 0 Å². The standard InChI is InChI=1S/C78H90BN2S/c1-44-34-55-60(76(14,15)32-28-71(55,4)5)42-63(44)81-64-35-45-22-20-21-23-47(45)66(67(64)79-69-68(81)51-39-58-61(43-65(51)82-69)77(16,17)33-30-74(58,10)11)50-38-53-49(40-62(50)80-46-24-25-52-56(36-46)72(6,7)27-26-70(52,2)3)48-37-57-59(41-54(48)78(53,18)19)75(12,13)31-29-73(57,8)9/h20-25,34-43,80H,26-33H2,1-19H3. The van der Waals surface area contributed by atoms with E-state index in [1.807, 2.05) is 11.3 Å². The molecule has 0 atom stereocenters. The van der Waals surface area contributed by atoms with E-state index in [1.165, 1.54) is 189 Å². The third kappa shape index (κ3) is 7.83. The molecule has 2 heterocycles. The molecule has 0 saturated heterocycles. The fourth-order valence-electron chi connectivity index (χ4n) is 16.9. The number of aryl methyl sites for hydroxylation is 1. The van der Waals surface area contributed by atoms with Gasteiger partial charge >= 0.3 is 0 Å². The summed E-state index contributed by atoms with van der Waals surface area (Å²) in [7, 11) is 2.63. The summed E-state index contributed by atoms with van der Waals surface area (Å²) >= 11 is 2.01. The SMILES string of the molecule is Cc1cc2c(cc1N1c3cc4ccccc4c(-c4cc5c(cc4Nc4ccc6c(c4)C(C)(C)CCC6(C)C)-c4cc6c(cc4C5(C)C)C(C)(C)CCC6(C)C)c3[B]c3sc4cc5c(cc4c31)C(C)(C)CCC5(C)C)C(C)(C)CCC2(C)C. The van der Waals surface area contributed by atoms with Gasteiger partial charge in [-0.25, -0.2) is 0 Å². The van der Waals surface area contributed by atoms with E-state index in [1.54, 1.807) is 0 Å². The van der Waals surface area contributed by atoms with Gasteiger partial charge in [-0.2, -0.15) is 0 Å². The van der Waals surface area contributed by atoms with Gasteiger partial charge in [0, 0.05) is 43.8 Å². The molecule has 0 spiro atoms. The minimum absolute atomic E-state index is 0.0443. The van der Waals surface area contributed by atoms with Crippen LogP contribution in [0.15, 0.2) is 97.1 Å². The predicted molar refractivity (Wildman–Crippen MR) is 358 cm³/mol. The lowest BCUT2D eigenvalue weighted by molar-refractivity contribution is 0.331. The molecule has 6 aliphatic rings. The fourth-order valence-corrected chi connectivity index (χ4v) is 18.0. The van der Waals surface area contributed by atoms with Crippen LogP contribution in [0, 0.1) is 6.92 Å². The van der Waals surface area contributed by atoms with E-state index < -0.39 is 0 Å². The second-order valence-electron chi connectivity index (χ2n) is 32.7. The summed E-state index contributed by atoms with van der Waals surface area (Å²) in [5, 5.41) is 8.23. The Morgan fingerprint density at radius 1 is 0.415 bits per heavy atom. The third-order valence-corrected chi connectivity index (χ3v) is 24.2. The first-order valence-corrected chi connectivity index (χ1v) is 32.3. The van der Waals surface area contributed by atoms with Crippen molar-refractivity contribution in [2.75, 3.05) is 10.2 Å². The van der Waals surface area contributed by atoms with Crippen LogP contribution in [0.5, 0.6) is 0 Å². The van der Waals surface area contributed by atoms with Gasteiger partial charge in [-0.05, 0) is 255 Å². The van der Waals surface area contributed by atoms with Crippen molar-refractivity contribution in [3.8, 4) is 22.3 Å². The molecule has 82 heavy (non-hydrogen) atoms. The molecule has 14 rings (SSSR count). The molecular weight excluding hydrogens is 1010 g/mol. The Bertz CT molecular complexity index is 4100. The molecular formula is C78H90BN2S. The van der Waals surface area contributed by atoms with Crippen LogP contribution < -0.4 is 20.5 Å². The number of fused-ring (bicyclic) bond motifs is 12. The van der Waals surface area contributed by atoms with Gasteiger partial charge in [0.25, 0.3) is 0 Å². The van der Waals surface area contributed by atoms with Gasteiger partial charge in [-0.3, -0.25) is 0 Å². The number of nitrogens with one attached hydrogen (secondary N) is 1. The molecule has 4 heteroatoms. The first kappa shape index (κ1) is 54.4. The first-order chi connectivity index (χ1) is 38.2. The molecule has 421 valence electrons. The van der Waals surface area contributed by atoms with Gasteiger partial charge in [0.05, 0.1) is 5.69 Å². The van der Waals surface area contributed by atoms with Crippen molar-refractivity contribution in [3.05, 3.63) is 158 Å². The molecule has 0 fully saturated rings. The van der Waals surface area contributed by atoms with E-state index in [0.717, 1.165) is 5.69 Å². The van der Waals surface area contributed by atoms with E-state index in [-0.39, 0.29) is 48.7 Å². The lowest BCUT2D eigenvalue weighted by atomic mass is 9.60. The summed E-state index contributed by atoms with van der Waals surface area (Å²) in [6.07, 6.45) is 9.51. The molecule has 7 aromatic carbocycles. The molecule has 1 N–H and O–H groups in total. The molecule has 0 unspecified atom stereocenters. The maximum Gasteiger partial charge on any atom is 0.211 e. The van der Waals surface area contributed by atoms with Crippen LogP contribution in [0.4, 0.5) is 28.4 Å². The average Bonchev–Trinajstić information content (AvgIpc) is 2.02. The Morgan fingerprint density at radius 2 is 0.890 bits per heavy atom. The lowest BCUT2D eigenvalue weighted by Gasteiger charge is -2.44. The van der Waals surface area contributed by atoms with Crippen molar-refractivity contribution in [2.45, 2.75) is 232 Å². The number of thiophene rings is 1. The summed E-state index contributed by atoms with van der Waals surface area (Å²) in [5.74, 6) is 0. The van der Waals surface area contributed by atoms with Crippen molar-refractivity contribution in [2.24, 2.45) is 0 Å². The molecule has 0 amide bonds. The van der Waals surface area contributed by atoms with Crippen LogP contribution in [-0.4, -0.2) is 7.28 Å². The van der Waals surface area contributed by atoms with E-state index in [2.05, 4.69) is 246 Å². The first-order valence-electron chi connectivity index (χ1n) is 31.5. The Morgan fingerprint density at radius 3 is 1.50 bits per heavy atom. The van der Waals surface area contributed by atoms with Crippen molar-refractivity contribution in [1.82, 2.24) is 0 Å². The summed E-state index contributed by atoms with van der Waals surface area (Å²) in [6, 6.07) is 40.3.